The van der Waals surface area contributed by atoms with Crippen molar-refractivity contribution in [1.82, 2.24) is 4.90 Å². The first-order chi connectivity index (χ1) is 9.60. The van der Waals surface area contributed by atoms with E-state index in [1.54, 1.807) is 0 Å². The monoisotopic (exact) mass is 278 g/mol. The van der Waals surface area contributed by atoms with E-state index in [9.17, 15) is 5.11 Å². The van der Waals surface area contributed by atoms with Gasteiger partial charge in [0, 0.05) is 19.1 Å². The number of nitrogens with two attached hydrogens (primary N) is 1. The molecule has 2 rings (SSSR count). The summed E-state index contributed by atoms with van der Waals surface area (Å²) in [4.78, 5) is 2.28. The number of rotatable bonds is 5. The molecule has 2 atom stereocenters. The number of aryl methyl sites for hydroxylation is 2. The highest BCUT2D eigenvalue weighted by molar-refractivity contribution is 5.30. The van der Waals surface area contributed by atoms with Crippen LogP contribution in [0.25, 0.3) is 0 Å². The van der Waals surface area contributed by atoms with Crippen molar-refractivity contribution in [3.63, 3.8) is 0 Å². The first kappa shape index (κ1) is 15.4. The standard InChI is InChI=1S/C16H26N2O2/c1-12-7-13(2)9-14(8-12)16(17)3-4-18-5-6-20-11-15(18)10-19/h7-9,15-16,19H,3-6,10-11,17H2,1-2H3. The Labute approximate surface area is 121 Å². The van der Waals surface area contributed by atoms with Crippen molar-refractivity contribution < 1.29 is 9.84 Å². The number of hydrogen-bond acceptors (Lipinski definition) is 4. The van der Waals surface area contributed by atoms with E-state index >= 15 is 0 Å². The molecule has 0 bridgehead atoms. The van der Waals surface area contributed by atoms with Crippen molar-refractivity contribution in [2.45, 2.75) is 32.4 Å². The fourth-order valence-corrected chi connectivity index (χ4v) is 2.85. The van der Waals surface area contributed by atoms with Gasteiger partial charge in [-0.2, -0.15) is 0 Å². The SMILES string of the molecule is Cc1cc(C)cc(C(N)CCN2CCOCC2CO)c1. The predicted octanol–water partition coefficient (Wildman–Crippen LogP) is 1.39. The number of benzene rings is 1. The molecule has 0 saturated carbocycles. The van der Waals surface area contributed by atoms with Crippen LogP contribution in [-0.2, 0) is 4.74 Å². The molecule has 3 N–H and O–H groups in total. The molecule has 2 unspecified atom stereocenters. The summed E-state index contributed by atoms with van der Waals surface area (Å²) in [5.74, 6) is 0. The van der Waals surface area contributed by atoms with Crippen LogP contribution in [0.4, 0.5) is 0 Å². The van der Waals surface area contributed by atoms with Crippen LogP contribution in [0, 0.1) is 13.8 Å². The molecule has 4 heteroatoms. The normalized spacial score (nSPS) is 21.9. The fourth-order valence-electron chi connectivity index (χ4n) is 2.85. The third-order valence-electron chi connectivity index (χ3n) is 3.96. The van der Waals surface area contributed by atoms with E-state index in [2.05, 4.69) is 36.9 Å². The van der Waals surface area contributed by atoms with Gasteiger partial charge in [0.25, 0.3) is 0 Å². The van der Waals surface area contributed by atoms with Crippen LogP contribution in [0.15, 0.2) is 18.2 Å². The molecule has 1 fully saturated rings. The van der Waals surface area contributed by atoms with Crippen LogP contribution in [-0.4, -0.2) is 49.0 Å². The van der Waals surface area contributed by atoms with Crippen molar-refractivity contribution in [1.29, 1.82) is 0 Å². The molecular weight excluding hydrogens is 252 g/mol. The Bertz CT molecular complexity index is 416. The summed E-state index contributed by atoms with van der Waals surface area (Å²) in [6.07, 6.45) is 0.902. The van der Waals surface area contributed by atoms with Crippen LogP contribution < -0.4 is 5.73 Å². The molecule has 1 aliphatic heterocycles. The maximum Gasteiger partial charge on any atom is 0.0644 e. The summed E-state index contributed by atoms with van der Waals surface area (Å²) in [5.41, 5.74) is 10.0. The quantitative estimate of drug-likeness (QED) is 0.854. The minimum absolute atomic E-state index is 0.0517. The average molecular weight is 278 g/mol. The van der Waals surface area contributed by atoms with E-state index in [1.807, 2.05) is 0 Å². The van der Waals surface area contributed by atoms with Gasteiger partial charge in [-0.3, -0.25) is 4.90 Å². The highest BCUT2D eigenvalue weighted by atomic mass is 16.5. The molecule has 0 aromatic heterocycles. The lowest BCUT2D eigenvalue weighted by atomic mass is 9.99. The number of morpholine rings is 1. The second kappa shape index (κ2) is 7.18. The molecule has 1 aromatic rings. The molecule has 0 radical (unpaired) electrons. The molecule has 1 aliphatic rings. The summed E-state index contributed by atoms with van der Waals surface area (Å²) in [5, 5.41) is 9.36. The second-order valence-corrected chi connectivity index (χ2v) is 5.76. The zero-order valence-electron chi connectivity index (χ0n) is 12.5. The molecule has 0 amide bonds. The lowest BCUT2D eigenvalue weighted by molar-refractivity contribution is -0.0282. The molecule has 1 aromatic carbocycles. The zero-order valence-corrected chi connectivity index (χ0v) is 12.5. The van der Waals surface area contributed by atoms with Crippen molar-refractivity contribution in [2.75, 3.05) is 32.9 Å². The minimum Gasteiger partial charge on any atom is -0.395 e. The highest BCUT2D eigenvalue weighted by Crippen LogP contribution is 2.19. The Balaban J connectivity index is 1.92. The molecule has 112 valence electrons. The number of aliphatic hydroxyl groups excluding tert-OH is 1. The van der Waals surface area contributed by atoms with Gasteiger partial charge in [-0.15, -0.1) is 0 Å². The van der Waals surface area contributed by atoms with Gasteiger partial charge in [-0.25, -0.2) is 0 Å². The van der Waals surface area contributed by atoms with Gasteiger partial charge in [-0.05, 0) is 25.8 Å². The average Bonchev–Trinajstić information content (AvgIpc) is 2.44. The summed E-state index contributed by atoms with van der Waals surface area (Å²) in [7, 11) is 0. The van der Waals surface area contributed by atoms with E-state index in [0.29, 0.717) is 6.61 Å². The molecule has 0 aliphatic carbocycles. The van der Waals surface area contributed by atoms with Crippen molar-refractivity contribution in [2.24, 2.45) is 5.73 Å². The van der Waals surface area contributed by atoms with E-state index in [4.69, 9.17) is 10.5 Å². The van der Waals surface area contributed by atoms with E-state index in [1.165, 1.54) is 16.7 Å². The summed E-state index contributed by atoms with van der Waals surface area (Å²) < 4.78 is 5.39. The van der Waals surface area contributed by atoms with Gasteiger partial charge in [0.15, 0.2) is 0 Å². The van der Waals surface area contributed by atoms with Gasteiger partial charge in [0.1, 0.15) is 0 Å². The summed E-state index contributed by atoms with van der Waals surface area (Å²) >= 11 is 0. The lowest BCUT2D eigenvalue weighted by Gasteiger charge is -2.35. The molecule has 4 nitrogen and oxygen atoms in total. The van der Waals surface area contributed by atoms with Crippen LogP contribution >= 0.6 is 0 Å². The number of nitrogens with zero attached hydrogens (tertiary/aromatic N) is 1. The highest BCUT2D eigenvalue weighted by Gasteiger charge is 2.22. The first-order valence-corrected chi connectivity index (χ1v) is 7.36. The van der Waals surface area contributed by atoms with Gasteiger partial charge in [-0.1, -0.05) is 29.3 Å². The number of hydrogen-bond donors (Lipinski definition) is 2. The van der Waals surface area contributed by atoms with Gasteiger partial charge >= 0.3 is 0 Å². The van der Waals surface area contributed by atoms with Gasteiger partial charge in [0.2, 0.25) is 0 Å². The third-order valence-corrected chi connectivity index (χ3v) is 3.96. The van der Waals surface area contributed by atoms with Crippen LogP contribution in [0.5, 0.6) is 0 Å². The summed E-state index contributed by atoms with van der Waals surface area (Å²) in [6.45, 7) is 7.51. The lowest BCUT2D eigenvalue weighted by Crippen LogP contribution is -2.48. The number of aliphatic hydroxyl groups is 1. The summed E-state index contributed by atoms with van der Waals surface area (Å²) in [6, 6.07) is 6.67. The Morgan fingerprint density at radius 2 is 2.05 bits per heavy atom. The largest absolute Gasteiger partial charge is 0.395 e. The molecule has 0 spiro atoms. The van der Waals surface area contributed by atoms with Crippen molar-refractivity contribution in [3.8, 4) is 0 Å². The fraction of sp³-hybridized carbons (Fsp3) is 0.625. The Kier molecular flexibility index (Phi) is 5.54. The minimum atomic E-state index is 0.0517. The van der Waals surface area contributed by atoms with Crippen LogP contribution in [0.2, 0.25) is 0 Å². The molecule has 1 heterocycles. The maximum absolute atomic E-state index is 9.36. The van der Waals surface area contributed by atoms with Gasteiger partial charge in [0.05, 0.1) is 25.9 Å². The second-order valence-electron chi connectivity index (χ2n) is 5.76. The molecular formula is C16H26N2O2. The van der Waals surface area contributed by atoms with E-state index < -0.39 is 0 Å². The number of ether oxygens (including phenoxy) is 1. The zero-order chi connectivity index (χ0) is 14.5. The van der Waals surface area contributed by atoms with Crippen LogP contribution in [0.3, 0.4) is 0 Å². The Morgan fingerprint density at radius 1 is 1.35 bits per heavy atom. The Morgan fingerprint density at radius 3 is 2.70 bits per heavy atom. The van der Waals surface area contributed by atoms with E-state index in [0.717, 1.165) is 26.1 Å². The van der Waals surface area contributed by atoms with Crippen LogP contribution in [0.1, 0.15) is 29.2 Å². The molecule has 1 saturated heterocycles. The smallest absolute Gasteiger partial charge is 0.0644 e. The predicted molar refractivity (Wildman–Crippen MR) is 80.7 cm³/mol. The topological polar surface area (TPSA) is 58.7 Å². The van der Waals surface area contributed by atoms with Crippen molar-refractivity contribution in [3.05, 3.63) is 34.9 Å². The third kappa shape index (κ3) is 4.03. The Hall–Kier alpha value is -0.940. The van der Waals surface area contributed by atoms with Crippen molar-refractivity contribution >= 4 is 0 Å². The maximum atomic E-state index is 9.36. The van der Waals surface area contributed by atoms with Gasteiger partial charge < -0.3 is 15.6 Å². The first-order valence-electron chi connectivity index (χ1n) is 7.36. The van der Waals surface area contributed by atoms with E-state index in [-0.39, 0.29) is 18.7 Å². The molecule has 20 heavy (non-hydrogen) atoms.